The Balaban J connectivity index is 2.52. The predicted molar refractivity (Wildman–Crippen MR) is 94.6 cm³/mol. The number of nitrogens with one attached hydrogen (secondary N) is 1. The van der Waals surface area contributed by atoms with Crippen LogP contribution in [-0.2, 0) is 10.0 Å². The summed E-state index contributed by atoms with van der Waals surface area (Å²) in [7, 11) is -3.63. The molecule has 2 rings (SSSR count). The molecule has 0 unspecified atom stereocenters. The molecule has 0 bridgehead atoms. The van der Waals surface area contributed by atoms with Crippen LogP contribution in [0, 0.1) is 11.6 Å². The molecule has 26 heavy (non-hydrogen) atoms. The van der Waals surface area contributed by atoms with E-state index in [1.54, 1.807) is 0 Å². The number of ketones is 1. The highest BCUT2D eigenvalue weighted by Gasteiger charge is 2.17. The molecular formula is C16H14F2N2O4S2. The van der Waals surface area contributed by atoms with Gasteiger partial charge in [0, 0.05) is 21.4 Å². The molecule has 0 aromatic heterocycles. The van der Waals surface area contributed by atoms with Crippen molar-refractivity contribution >= 4 is 39.0 Å². The second kappa shape index (κ2) is 7.83. The van der Waals surface area contributed by atoms with E-state index >= 15 is 0 Å². The van der Waals surface area contributed by atoms with E-state index in [2.05, 4.69) is 9.88 Å². The molecule has 0 saturated carbocycles. The third-order valence-electron chi connectivity index (χ3n) is 3.13. The Morgan fingerprint density at radius 3 is 2.42 bits per heavy atom. The molecular weight excluding hydrogens is 386 g/mol. The van der Waals surface area contributed by atoms with E-state index in [0.717, 1.165) is 24.1 Å². The number of halogens is 2. The van der Waals surface area contributed by atoms with E-state index in [9.17, 15) is 22.0 Å². The number of benzene rings is 2. The summed E-state index contributed by atoms with van der Waals surface area (Å²) < 4.78 is 52.3. The number of hydrogen-bond acceptors (Lipinski definition) is 6. The first kappa shape index (κ1) is 19.9. The Morgan fingerprint density at radius 1 is 1.15 bits per heavy atom. The molecule has 0 fully saturated rings. The fourth-order valence-electron chi connectivity index (χ4n) is 1.96. The van der Waals surface area contributed by atoms with Gasteiger partial charge in [0.1, 0.15) is 17.3 Å². The number of nitrogens with zero attached hydrogens (tertiary/aromatic N) is 1. The van der Waals surface area contributed by atoms with Crippen LogP contribution in [0.2, 0.25) is 0 Å². The van der Waals surface area contributed by atoms with Crippen LogP contribution in [0.4, 0.5) is 14.5 Å². The predicted octanol–water partition coefficient (Wildman–Crippen LogP) is 3.52. The molecule has 0 atom stereocenters. The zero-order valence-electron chi connectivity index (χ0n) is 13.7. The Kier molecular flexibility index (Phi) is 5.98. The first-order valence-corrected chi connectivity index (χ1v) is 9.79. The topological polar surface area (TPSA) is 95.8 Å². The zero-order valence-corrected chi connectivity index (χ0v) is 15.3. The number of anilines is 1. The van der Waals surface area contributed by atoms with Crippen molar-refractivity contribution in [3.63, 3.8) is 0 Å². The number of Topliss-reactive ketones (excluding diaryl/α,β-unsaturated/α-hetero) is 1. The molecule has 2 N–H and O–H groups in total. The molecule has 2 aromatic carbocycles. The summed E-state index contributed by atoms with van der Waals surface area (Å²) in [4.78, 5) is 12.4. The molecule has 10 heteroatoms. The van der Waals surface area contributed by atoms with Crippen molar-refractivity contribution in [1.82, 2.24) is 0 Å². The Hall–Kier alpha value is -2.46. The van der Waals surface area contributed by atoms with E-state index < -0.39 is 27.4 Å². The van der Waals surface area contributed by atoms with Gasteiger partial charge in [-0.3, -0.25) is 9.52 Å². The molecule has 6 nitrogen and oxygen atoms in total. The largest absolute Gasteiger partial charge is 0.411 e. The maximum atomic E-state index is 13.9. The number of sulfonamides is 1. The van der Waals surface area contributed by atoms with Gasteiger partial charge in [0.05, 0.1) is 11.9 Å². The van der Waals surface area contributed by atoms with E-state index in [4.69, 9.17) is 5.21 Å². The fraction of sp³-hybridized carbons (Fsp3) is 0.125. The SMILES string of the molecule is C/C(=N/O)C(=O)c1ccc(NS(C)(=O)=O)c(Sc2ccc(F)cc2F)c1. The minimum absolute atomic E-state index is 0.0418. The summed E-state index contributed by atoms with van der Waals surface area (Å²) in [5.74, 6) is -2.16. The summed E-state index contributed by atoms with van der Waals surface area (Å²) in [6, 6.07) is 6.97. The average molecular weight is 400 g/mol. The van der Waals surface area contributed by atoms with Crippen molar-refractivity contribution < 1.29 is 27.2 Å². The standard InChI is InChI=1S/C16H14F2N2O4S2/c1-9(19-22)16(21)10-3-5-13(20-26(2,23)24)15(7-10)25-14-6-4-11(17)8-12(14)18/h3-8,20,22H,1-2H3/b19-9-. The van der Waals surface area contributed by atoms with Gasteiger partial charge < -0.3 is 5.21 Å². The first-order valence-electron chi connectivity index (χ1n) is 7.09. The highest BCUT2D eigenvalue weighted by atomic mass is 32.2. The average Bonchev–Trinajstić information content (AvgIpc) is 2.56. The normalized spacial score (nSPS) is 12.1. The van der Waals surface area contributed by atoms with Crippen molar-refractivity contribution in [3.05, 3.63) is 53.6 Å². The summed E-state index contributed by atoms with van der Waals surface area (Å²) in [5.41, 5.74) is 0.0680. The lowest BCUT2D eigenvalue weighted by molar-refractivity contribution is 0.106. The summed E-state index contributed by atoms with van der Waals surface area (Å²) in [6.07, 6.45) is 0.946. The van der Waals surface area contributed by atoms with Gasteiger partial charge in [0.2, 0.25) is 15.8 Å². The lowest BCUT2D eigenvalue weighted by Crippen LogP contribution is -2.13. The number of hydrogen-bond donors (Lipinski definition) is 2. The van der Waals surface area contributed by atoms with E-state index in [-0.39, 0.29) is 26.8 Å². The van der Waals surface area contributed by atoms with Gasteiger partial charge in [-0.15, -0.1) is 0 Å². The smallest absolute Gasteiger partial charge is 0.229 e. The van der Waals surface area contributed by atoms with Gasteiger partial charge in [-0.25, -0.2) is 17.2 Å². The number of carbonyl (C=O) groups excluding carboxylic acids is 1. The lowest BCUT2D eigenvalue weighted by atomic mass is 10.1. The minimum atomic E-state index is -3.63. The van der Waals surface area contributed by atoms with Crippen LogP contribution in [0.3, 0.4) is 0 Å². The van der Waals surface area contributed by atoms with Crippen LogP contribution in [0.1, 0.15) is 17.3 Å². The quantitative estimate of drug-likeness (QED) is 0.335. The maximum Gasteiger partial charge on any atom is 0.229 e. The van der Waals surface area contributed by atoms with Gasteiger partial charge >= 0.3 is 0 Å². The van der Waals surface area contributed by atoms with Crippen LogP contribution in [0.25, 0.3) is 0 Å². The fourth-order valence-corrected chi connectivity index (χ4v) is 3.55. The zero-order chi connectivity index (χ0) is 19.5. The second-order valence-corrected chi connectivity index (χ2v) is 8.11. The van der Waals surface area contributed by atoms with Gasteiger partial charge in [-0.2, -0.15) is 0 Å². The van der Waals surface area contributed by atoms with Crippen molar-refractivity contribution in [2.24, 2.45) is 5.16 Å². The number of rotatable bonds is 6. The van der Waals surface area contributed by atoms with Crippen LogP contribution >= 0.6 is 11.8 Å². The third-order valence-corrected chi connectivity index (χ3v) is 4.83. The molecule has 0 radical (unpaired) electrons. The molecule has 138 valence electrons. The Labute approximate surface area is 153 Å². The Bertz CT molecular complexity index is 992. The summed E-state index contributed by atoms with van der Waals surface area (Å²) >= 11 is 0.818. The summed E-state index contributed by atoms with van der Waals surface area (Å²) in [5, 5.41) is 11.6. The molecule has 0 aliphatic rings. The molecule has 0 saturated heterocycles. The molecule has 0 aliphatic heterocycles. The minimum Gasteiger partial charge on any atom is -0.411 e. The van der Waals surface area contributed by atoms with Gasteiger partial charge in [0.15, 0.2) is 0 Å². The molecule has 0 aliphatic carbocycles. The van der Waals surface area contributed by atoms with Crippen molar-refractivity contribution in [3.8, 4) is 0 Å². The highest BCUT2D eigenvalue weighted by Crippen LogP contribution is 2.36. The second-order valence-electron chi connectivity index (χ2n) is 5.28. The lowest BCUT2D eigenvalue weighted by Gasteiger charge is -2.12. The van der Waals surface area contributed by atoms with Gasteiger partial charge in [0.25, 0.3) is 0 Å². The monoisotopic (exact) mass is 400 g/mol. The van der Waals surface area contributed by atoms with Gasteiger partial charge in [-0.05, 0) is 37.3 Å². The van der Waals surface area contributed by atoms with Gasteiger partial charge in [-0.1, -0.05) is 16.9 Å². The van der Waals surface area contributed by atoms with Crippen LogP contribution in [0.5, 0.6) is 0 Å². The number of carbonyl (C=O) groups is 1. The third kappa shape index (κ3) is 5.02. The molecule has 0 amide bonds. The van der Waals surface area contributed by atoms with E-state index in [1.165, 1.54) is 31.2 Å². The van der Waals surface area contributed by atoms with E-state index in [0.29, 0.717) is 6.07 Å². The molecule has 2 aromatic rings. The van der Waals surface area contributed by atoms with Crippen molar-refractivity contribution in [1.29, 1.82) is 0 Å². The first-order chi connectivity index (χ1) is 12.1. The molecule has 0 heterocycles. The van der Waals surface area contributed by atoms with Crippen LogP contribution in [0.15, 0.2) is 51.3 Å². The van der Waals surface area contributed by atoms with Crippen LogP contribution in [-0.4, -0.2) is 31.4 Å². The van der Waals surface area contributed by atoms with Crippen molar-refractivity contribution in [2.45, 2.75) is 16.7 Å². The maximum absolute atomic E-state index is 13.9. The summed E-state index contributed by atoms with van der Waals surface area (Å²) in [6.45, 7) is 1.30. The van der Waals surface area contributed by atoms with Crippen LogP contribution < -0.4 is 4.72 Å². The Morgan fingerprint density at radius 2 is 1.85 bits per heavy atom. The number of oxime groups is 1. The van der Waals surface area contributed by atoms with E-state index in [1.807, 2.05) is 0 Å². The highest BCUT2D eigenvalue weighted by molar-refractivity contribution is 7.99. The molecule has 0 spiro atoms. The van der Waals surface area contributed by atoms with Crippen molar-refractivity contribution in [2.75, 3.05) is 11.0 Å².